The van der Waals surface area contributed by atoms with Crippen molar-refractivity contribution in [1.29, 1.82) is 0 Å². The Balaban J connectivity index is 1.93. The number of fused-ring (bicyclic) bond motifs is 1. The van der Waals surface area contributed by atoms with E-state index in [1.54, 1.807) is 6.20 Å². The van der Waals surface area contributed by atoms with E-state index in [1.165, 1.54) is 25.7 Å². The van der Waals surface area contributed by atoms with Gasteiger partial charge in [-0.3, -0.25) is 4.98 Å². The number of nitrogens with zero attached hydrogens (tertiary/aromatic N) is 1. The summed E-state index contributed by atoms with van der Waals surface area (Å²) in [6.07, 6.45) is 6.79. The fourth-order valence-electron chi connectivity index (χ4n) is 2.95. The lowest BCUT2D eigenvalue weighted by Gasteiger charge is -2.28. The van der Waals surface area contributed by atoms with Gasteiger partial charge in [-0.05, 0) is 49.8 Å². The normalized spacial score (nSPS) is 22.9. The Morgan fingerprint density at radius 2 is 2.00 bits per heavy atom. The van der Waals surface area contributed by atoms with Gasteiger partial charge < -0.3 is 11.1 Å². The smallest absolute Gasteiger partial charge is 0.0743 e. The lowest BCUT2D eigenvalue weighted by atomic mass is 9.87. The Labute approximate surface area is 128 Å². The molecule has 3 N–H and O–H groups in total. The topological polar surface area (TPSA) is 50.9 Å². The van der Waals surface area contributed by atoms with Crippen molar-refractivity contribution >= 4 is 38.2 Å². The summed E-state index contributed by atoms with van der Waals surface area (Å²) in [4.78, 5) is 4.40. The van der Waals surface area contributed by atoms with Gasteiger partial charge in [0, 0.05) is 15.9 Å². The van der Waals surface area contributed by atoms with Crippen molar-refractivity contribution in [2.75, 3.05) is 11.1 Å². The first-order chi connectivity index (χ1) is 9.63. The molecule has 0 bridgehead atoms. The van der Waals surface area contributed by atoms with Gasteiger partial charge in [0.2, 0.25) is 0 Å². The molecule has 3 nitrogen and oxygen atoms in total. The third kappa shape index (κ3) is 2.75. The number of halogens is 1. The van der Waals surface area contributed by atoms with Gasteiger partial charge in [-0.1, -0.05) is 22.9 Å². The largest absolute Gasteiger partial charge is 0.396 e. The number of benzene rings is 1. The molecule has 1 heterocycles. The highest BCUT2D eigenvalue weighted by molar-refractivity contribution is 9.10. The molecule has 1 aliphatic carbocycles. The van der Waals surface area contributed by atoms with Crippen LogP contribution >= 0.6 is 15.9 Å². The number of hydrogen-bond donors (Lipinski definition) is 2. The van der Waals surface area contributed by atoms with Crippen molar-refractivity contribution in [2.24, 2.45) is 5.92 Å². The zero-order valence-corrected chi connectivity index (χ0v) is 13.3. The van der Waals surface area contributed by atoms with E-state index in [9.17, 15) is 0 Å². The molecule has 4 heteroatoms. The van der Waals surface area contributed by atoms with Crippen LogP contribution in [-0.4, -0.2) is 11.0 Å². The van der Waals surface area contributed by atoms with E-state index in [4.69, 9.17) is 5.73 Å². The molecule has 1 fully saturated rings. The Kier molecular flexibility index (Phi) is 3.83. The van der Waals surface area contributed by atoms with Crippen LogP contribution < -0.4 is 11.1 Å². The maximum atomic E-state index is 6.14. The van der Waals surface area contributed by atoms with Crippen LogP contribution in [0.5, 0.6) is 0 Å². The van der Waals surface area contributed by atoms with Crippen molar-refractivity contribution in [3.63, 3.8) is 0 Å². The van der Waals surface area contributed by atoms with Crippen LogP contribution in [-0.2, 0) is 0 Å². The summed E-state index contributed by atoms with van der Waals surface area (Å²) in [6, 6.07) is 6.65. The second-order valence-electron chi connectivity index (χ2n) is 5.85. The van der Waals surface area contributed by atoms with Gasteiger partial charge >= 0.3 is 0 Å². The lowest BCUT2D eigenvalue weighted by Crippen LogP contribution is -2.25. The number of nitrogens with two attached hydrogens (primary N) is 1. The summed E-state index contributed by atoms with van der Waals surface area (Å²) >= 11 is 3.53. The Bertz CT molecular complexity index is 613. The molecule has 0 spiro atoms. The van der Waals surface area contributed by atoms with Gasteiger partial charge in [-0.25, -0.2) is 0 Å². The minimum Gasteiger partial charge on any atom is -0.396 e. The fraction of sp³-hybridized carbons (Fsp3) is 0.438. The molecule has 3 rings (SSSR count). The summed E-state index contributed by atoms with van der Waals surface area (Å²) < 4.78 is 1.05. The number of rotatable bonds is 2. The Morgan fingerprint density at radius 1 is 1.25 bits per heavy atom. The number of nitrogens with one attached hydrogen (secondary N) is 1. The fourth-order valence-corrected chi connectivity index (χ4v) is 3.31. The third-order valence-electron chi connectivity index (χ3n) is 4.22. The molecule has 1 aromatic carbocycles. The van der Waals surface area contributed by atoms with Crippen LogP contribution in [0.15, 0.2) is 28.9 Å². The predicted octanol–water partition coefficient (Wildman–Crippen LogP) is 4.57. The van der Waals surface area contributed by atoms with Crippen molar-refractivity contribution < 1.29 is 0 Å². The molecule has 20 heavy (non-hydrogen) atoms. The summed E-state index contributed by atoms with van der Waals surface area (Å²) in [5.41, 5.74) is 8.89. The number of aromatic nitrogens is 1. The molecule has 0 aliphatic heterocycles. The number of pyridine rings is 1. The highest BCUT2D eigenvalue weighted by atomic mass is 79.9. The van der Waals surface area contributed by atoms with Crippen LogP contribution in [0.2, 0.25) is 0 Å². The second kappa shape index (κ2) is 5.60. The van der Waals surface area contributed by atoms with Gasteiger partial charge in [0.05, 0.1) is 23.1 Å². The quantitative estimate of drug-likeness (QED) is 0.846. The zero-order chi connectivity index (χ0) is 14.1. The SMILES string of the molecule is CC1CCC(Nc2c(N)cnc3ccc(Br)cc23)CC1. The van der Waals surface area contributed by atoms with E-state index in [0.29, 0.717) is 6.04 Å². The maximum absolute atomic E-state index is 6.14. The lowest BCUT2D eigenvalue weighted by molar-refractivity contribution is 0.361. The first kappa shape index (κ1) is 13.7. The van der Waals surface area contributed by atoms with Crippen molar-refractivity contribution in [3.05, 3.63) is 28.9 Å². The summed E-state index contributed by atoms with van der Waals surface area (Å²) in [7, 11) is 0. The molecule has 1 saturated carbocycles. The minimum absolute atomic E-state index is 0.526. The standard InChI is InChI=1S/C16H20BrN3/c1-10-2-5-12(6-3-10)20-16-13-8-11(17)4-7-15(13)19-9-14(16)18/h4,7-10,12H,2-3,5-6,18H2,1H3,(H,19,20). The van der Waals surface area contributed by atoms with Gasteiger partial charge in [-0.15, -0.1) is 0 Å². The molecular weight excluding hydrogens is 314 g/mol. The average Bonchev–Trinajstić information content (AvgIpc) is 2.44. The van der Waals surface area contributed by atoms with Crippen LogP contribution in [0.1, 0.15) is 32.6 Å². The van der Waals surface area contributed by atoms with Gasteiger partial charge in [-0.2, -0.15) is 0 Å². The Hall–Kier alpha value is -1.29. The minimum atomic E-state index is 0.526. The summed E-state index contributed by atoms with van der Waals surface area (Å²) in [6.45, 7) is 2.34. The van der Waals surface area contributed by atoms with Crippen LogP contribution in [0.4, 0.5) is 11.4 Å². The molecule has 0 unspecified atom stereocenters. The molecule has 0 atom stereocenters. The van der Waals surface area contributed by atoms with Crippen LogP contribution in [0.25, 0.3) is 10.9 Å². The molecule has 0 radical (unpaired) electrons. The van der Waals surface area contributed by atoms with Gasteiger partial charge in [0.15, 0.2) is 0 Å². The van der Waals surface area contributed by atoms with Crippen LogP contribution in [0, 0.1) is 5.92 Å². The van der Waals surface area contributed by atoms with Gasteiger partial charge in [0.1, 0.15) is 0 Å². The van der Waals surface area contributed by atoms with E-state index in [-0.39, 0.29) is 0 Å². The molecule has 0 amide bonds. The monoisotopic (exact) mass is 333 g/mol. The molecular formula is C16H20BrN3. The van der Waals surface area contributed by atoms with Crippen molar-refractivity contribution in [2.45, 2.75) is 38.6 Å². The van der Waals surface area contributed by atoms with E-state index < -0.39 is 0 Å². The highest BCUT2D eigenvalue weighted by Gasteiger charge is 2.19. The first-order valence-electron chi connectivity index (χ1n) is 7.24. The van der Waals surface area contributed by atoms with Crippen molar-refractivity contribution in [3.8, 4) is 0 Å². The van der Waals surface area contributed by atoms with Crippen LogP contribution in [0.3, 0.4) is 0 Å². The van der Waals surface area contributed by atoms with E-state index in [1.807, 2.05) is 12.1 Å². The van der Waals surface area contributed by atoms with E-state index in [2.05, 4.69) is 39.2 Å². The predicted molar refractivity (Wildman–Crippen MR) is 88.9 cm³/mol. The maximum Gasteiger partial charge on any atom is 0.0743 e. The summed E-state index contributed by atoms with van der Waals surface area (Å²) in [5, 5.41) is 4.75. The number of hydrogen-bond acceptors (Lipinski definition) is 3. The highest BCUT2D eigenvalue weighted by Crippen LogP contribution is 2.33. The van der Waals surface area contributed by atoms with E-state index in [0.717, 1.165) is 32.7 Å². The first-order valence-corrected chi connectivity index (χ1v) is 8.03. The molecule has 1 aliphatic rings. The van der Waals surface area contributed by atoms with E-state index >= 15 is 0 Å². The molecule has 2 aromatic rings. The molecule has 106 valence electrons. The average molecular weight is 334 g/mol. The molecule has 1 aromatic heterocycles. The number of nitrogen functional groups attached to an aromatic ring is 1. The van der Waals surface area contributed by atoms with Crippen molar-refractivity contribution in [1.82, 2.24) is 4.98 Å². The third-order valence-corrected chi connectivity index (χ3v) is 4.72. The molecule has 0 saturated heterocycles. The number of anilines is 2. The Morgan fingerprint density at radius 3 is 2.75 bits per heavy atom. The summed E-state index contributed by atoms with van der Waals surface area (Å²) in [5.74, 6) is 0.855. The zero-order valence-electron chi connectivity index (χ0n) is 11.7. The van der Waals surface area contributed by atoms with Gasteiger partial charge in [0.25, 0.3) is 0 Å². The second-order valence-corrected chi connectivity index (χ2v) is 6.77.